The monoisotopic (exact) mass is 153 g/mol. The molecule has 0 saturated carbocycles. The highest BCUT2D eigenvalue weighted by Gasteiger charge is 2.02. The molecule has 0 amide bonds. The molecule has 1 unspecified atom stereocenters. The smallest absolute Gasteiger partial charge is 0.197 e. The van der Waals surface area contributed by atoms with Crippen LogP contribution in [0, 0.1) is 6.92 Å². The minimum atomic E-state index is -1.28. The number of aryl methyl sites for hydroxylation is 1. The predicted molar refractivity (Wildman–Crippen MR) is 43.0 cm³/mol. The highest BCUT2D eigenvalue weighted by atomic mass is 19.1. The van der Waals surface area contributed by atoms with Crippen LogP contribution in [0.25, 0.3) is 0 Å². The van der Waals surface area contributed by atoms with Crippen LogP contribution >= 0.6 is 0 Å². The Morgan fingerprint density at radius 3 is 3.00 bits per heavy atom. The van der Waals surface area contributed by atoms with Crippen LogP contribution < -0.4 is 4.74 Å². The Balaban J connectivity index is 2.78. The van der Waals surface area contributed by atoms with Crippen LogP contribution in [0.3, 0.4) is 0 Å². The van der Waals surface area contributed by atoms with Gasteiger partial charge < -0.3 is 4.74 Å². The first-order valence-corrected chi connectivity index (χ1v) is 3.42. The zero-order valence-electron chi connectivity index (χ0n) is 6.54. The number of hydrogen-bond acceptors (Lipinski definition) is 2. The number of ether oxygens (including phenoxy) is 1. The van der Waals surface area contributed by atoms with E-state index in [2.05, 4.69) is 4.98 Å². The lowest BCUT2D eigenvalue weighted by atomic mass is 10.2. The van der Waals surface area contributed by atoms with E-state index in [1.165, 1.54) is 7.85 Å². The second-order valence-electron chi connectivity index (χ2n) is 2.25. The molecule has 1 aromatic rings. The van der Waals surface area contributed by atoms with E-state index >= 15 is 0 Å². The molecule has 1 aromatic heterocycles. The number of halogens is 1. The summed E-state index contributed by atoms with van der Waals surface area (Å²) in [6.07, 6.45) is 0.364. The number of nitrogens with zero attached hydrogens (tertiary/aromatic N) is 1. The Hall–Kier alpha value is -1.06. The first-order chi connectivity index (χ1) is 5.20. The maximum Gasteiger partial charge on any atom is 0.197 e. The molecule has 0 aliphatic rings. The molecule has 0 bridgehead atoms. The van der Waals surface area contributed by atoms with Crippen molar-refractivity contribution in [2.75, 3.05) is 0 Å². The van der Waals surface area contributed by atoms with E-state index in [0.29, 0.717) is 11.4 Å². The average Bonchev–Trinajstić information content (AvgIpc) is 1.93. The molecule has 0 spiro atoms. The van der Waals surface area contributed by atoms with Crippen molar-refractivity contribution in [3.05, 3.63) is 24.0 Å². The summed E-state index contributed by atoms with van der Waals surface area (Å²) in [6.45, 7) is 1.78. The molecule has 0 aliphatic heterocycles. The largest absolute Gasteiger partial charge is 0.467 e. The molecule has 4 heteroatoms. The summed E-state index contributed by atoms with van der Waals surface area (Å²) in [5.74, 6) is 0.502. The van der Waals surface area contributed by atoms with Gasteiger partial charge in [-0.05, 0) is 19.1 Å². The van der Waals surface area contributed by atoms with Gasteiger partial charge in [-0.25, -0.2) is 4.39 Å². The summed E-state index contributed by atoms with van der Waals surface area (Å²) in [7, 11) is 1.34. The Labute approximate surface area is 65.8 Å². The fraction of sp³-hybridized carbons (Fsp3) is 0.286. The number of hydrogen-bond donors (Lipinski definition) is 0. The summed E-state index contributed by atoms with van der Waals surface area (Å²) < 4.78 is 17.1. The topological polar surface area (TPSA) is 22.1 Å². The van der Waals surface area contributed by atoms with Crippen LogP contribution in [-0.2, 0) is 0 Å². The van der Waals surface area contributed by atoms with Crippen molar-refractivity contribution in [2.45, 2.75) is 13.2 Å². The van der Waals surface area contributed by atoms with Crippen LogP contribution in [0.15, 0.2) is 18.3 Å². The van der Waals surface area contributed by atoms with Crippen molar-refractivity contribution in [3.8, 4) is 5.75 Å². The quantitative estimate of drug-likeness (QED) is 0.582. The van der Waals surface area contributed by atoms with Crippen molar-refractivity contribution >= 4 is 7.85 Å². The fourth-order valence-corrected chi connectivity index (χ4v) is 0.769. The zero-order chi connectivity index (χ0) is 8.27. The minimum absolute atomic E-state index is 0.502. The lowest BCUT2D eigenvalue weighted by Gasteiger charge is -2.07. The van der Waals surface area contributed by atoms with Gasteiger partial charge in [-0.2, -0.15) is 0 Å². The van der Waals surface area contributed by atoms with E-state index < -0.39 is 6.26 Å². The summed E-state index contributed by atoms with van der Waals surface area (Å²) in [6, 6.07) is 3.41. The van der Waals surface area contributed by atoms with Crippen molar-refractivity contribution in [3.63, 3.8) is 0 Å². The third-order valence-corrected chi connectivity index (χ3v) is 1.25. The normalized spacial score (nSPS) is 12.5. The van der Waals surface area contributed by atoms with Gasteiger partial charge in [0, 0.05) is 6.20 Å². The summed E-state index contributed by atoms with van der Waals surface area (Å²) >= 11 is 0. The lowest BCUT2D eigenvalue weighted by molar-refractivity contribution is 0.144. The lowest BCUT2D eigenvalue weighted by Crippen LogP contribution is -2.09. The first-order valence-electron chi connectivity index (χ1n) is 3.42. The van der Waals surface area contributed by atoms with Crippen molar-refractivity contribution in [1.29, 1.82) is 0 Å². The van der Waals surface area contributed by atoms with Crippen LogP contribution in [0.5, 0.6) is 5.75 Å². The fourth-order valence-electron chi connectivity index (χ4n) is 0.769. The zero-order valence-corrected chi connectivity index (χ0v) is 6.54. The first kappa shape index (κ1) is 8.05. The molecule has 11 heavy (non-hydrogen) atoms. The number of aromatic nitrogens is 1. The maximum atomic E-state index is 12.3. The Morgan fingerprint density at radius 1 is 1.73 bits per heavy atom. The Kier molecular flexibility index (Phi) is 2.46. The maximum absolute atomic E-state index is 12.3. The van der Waals surface area contributed by atoms with E-state index in [1.807, 2.05) is 0 Å². The highest BCUT2D eigenvalue weighted by Crippen LogP contribution is 2.14. The molecule has 0 fully saturated rings. The van der Waals surface area contributed by atoms with Gasteiger partial charge in [0.05, 0.1) is 5.69 Å². The van der Waals surface area contributed by atoms with Gasteiger partial charge in [-0.1, -0.05) is 0 Å². The third-order valence-electron chi connectivity index (χ3n) is 1.25. The van der Waals surface area contributed by atoms with E-state index in [4.69, 9.17) is 4.74 Å². The molecule has 0 saturated heterocycles. The molecule has 0 N–H and O–H groups in total. The molecule has 0 aromatic carbocycles. The molecular weight excluding hydrogens is 144 g/mol. The molecule has 0 aliphatic carbocycles. The standard InChI is InChI=1S/C7H9BFNO/c1-5-6(11-7(8)9)3-2-4-10-5/h2-4,7H,8H2,1H3. The Bertz CT molecular complexity index is 242. The summed E-state index contributed by atoms with van der Waals surface area (Å²) in [4.78, 5) is 3.94. The molecule has 58 valence electrons. The highest BCUT2D eigenvalue weighted by molar-refractivity contribution is 6.10. The molecule has 2 nitrogen and oxygen atoms in total. The second-order valence-corrected chi connectivity index (χ2v) is 2.25. The molecule has 1 atom stereocenters. The molecular formula is C7H9BFNO. The second kappa shape index (κ2) is 3.37. The number of alkyl halides is 1. The molecule has 1 rings (SSSR count). The van der Waals surface area contributed by atoms with Gasteiger partial charge in [0.25, 0.3) is 0 Å². The van der Waals surface area contributed by atoms with E-state index in [-0.39, 0.29) is 0 Å². The number of pyridine rings is 1. The van der Waals surface area contributed by atoms with Gasteiger partial charge in [0.15, 0.2) is 14.1 Å². The molecule has 1 heterocycles. The van der Waals surface area contributed by atoms with E-state index in [9.17, 15) is 4.39 Å². The SMILES string of the molecule is BC(F)Oc1cccnc1C. The van der Waals surface area contributed by atoms with Gasteiger partial charge in [-0.15, -0.1) is 0 Å². The third kappa shape index (κ3) is 2.22. The van der Waals surface area contributed by atoms with Gasteiger partial charge in [-0.3, -0.25) is 4.98 Å². The average molecular weight is 153 g/mol. The van der Waals surface area contributed by atoms with Crippen molar-refractivity contribution in [2.24, 2.45) is 0 Å². The van der Waals surface area contributed by atoms with Crippen LogP contribution in [0.2, 0.25) is 0 Å². The van der Waals surface area contributed by atoms with E-state index in [1.54, 1.807) is 25.3 Å². The summed E-state index contributed by atoms with van der Waals surface area (Å²) in [5.41, 5.74) is 0.706. The van der Waals surface area contributed by atoms with Crippen LogP contribution in [0.1, 0.15) is 5.69 Å². The predicted octanol–water partition coefficient (Wildman–Crippen LogP) is 0.655. The summed E-state index contributed by atoms with van der Waals surface area (Å²) in [5, 5.41) is 0. The van der Waals surface area contributed by atoms with E-state index in [0.717, 1.165) is 0 Å². The van der Waals surface area contributed by atoms with Crippen LogP contribution in [0.4, 0.5) is 4.39 Å². The van der Waals surface area contributed by atoms with Gasteiger partial charge in [0.2, 0.25) is 0 Å². The van der Waals surface area contributed by atoms with Gasteiger partial charge >= 0.3 is 0 Å². The van der Waals surface area contributed by atoms with Crippen molar-refractivity contribution in [1.82, 2.24) is 4.98 Å². The Morgan fingerprint density at radius 2 is 2.45 bits per heavy atom. The number of rotatable bonds is 2. The molecule has 0 radical (unpaired) electrons. The van der Waals surface area contributed by atoms with Crippen LogP contribution in [-0.4, -0.2) is 19.1 Å². The minimum Gasteiger partial charge on any atom is -0.467 e. The van der Waals surface area contributed by atoms with Crippen molar-refractivity contribution < 1.29 is 9.13 Å². The van der Waals surface area contributed by atoms with Gasteiger partial charge in [0.1, 0.15) is 5.75 Å².